The second-order valence-electron chi connectivity index (χ2n) is 3.40. The van der Waals surface area contributed by atoms with Crippen LogP contribution in [0.15, 0.2) is 24.3 Å². The third kappa shape index (κ3) is 3.46. The second kappa shape index (κ2) is 6.00. The molecule has 0 heterocycles. The largest absolute Gasteiger partial charge is 0.494 e. The van der Waals surface area contributed by atoms with Gasteiger partial charge in [0.15, 0.2) is 0 Å². The first-order valence-corrected chi connectivity index (χ1v) is 5.39. The molecule has 1 atom stereocenters. The Morgan fingerprint density at radius 2 is 2.00 bits per heavy atom. The van der Waals surface area contributed by atoms with Gasteiger partial charge in [-0.05, 0) is 37.6 Å². The first-order chi connectivity index (χ1) is 7.67. The maximum Gasteiger partial charge on any atom is 0.326 e. The summed E-state index contributed by atoms with van der Waals surface area (Å²) in [6, 6.07) is 6.73. The van der Waals surface area contributed by atoms with E-state index in [-0.39, 0.29) is 0 Å². The number of benzene rings is 1. The number of carboxylic acid groups (broad SMARTS) is 1. The van der Waals surface area contributed by atoms with Crippen molar-refractivity contribution in [2.45, 2.75) is 26.3 Å². The van der Waals surface area contributed by atoms with E-state index in [2.05, 4.69) is 5.32 Å². The Hall–Kier alpha value is -1.71. The minimum absolute atomic E-state index is 0.544. The quantitative estimate of drug-likeness (QED) is 0.777. The van der Waals surface area contributed by atoms with Crippen LogP contribution in [0.4, 0.5) is 5.69 Å². The van der Waals surface area contributed by atoms with Gasteiger partial charge in [0.1, 0.15) is 11.8 Å². The number of hydrogen-bond acceptors (Lipinski definition) is 3. The van der Waals surface area contributed by atoms with Crippen molar-refractivity contribution in [2.24, 2.45) is 0 Å². The van der Waals surface area contributed by atoms with Gasteiger partial charge in [0.2, 0.25) is 0 Å². The SMILES string of the molecule is CCOc1ccc(N[C@H](CC)C(=O)O)cc1. The monoisotopic (exact) mass is 223 g/mol. The molecule has 0 unspecified atom stereocenters. The van der Waals surface area contributed by atoms with Crippen molar-refractivity contribution in [1.82, 2.24) is 0 Å². The van der Waals surface area contributed by atoms with E-state index >= 15 is 0 Å². The number of carboxylic acids is 1. The number of ether oxygens (including phenoxy) is 1. The zero-order valence-corrected chi connectivity index (χ0v) is 9.56. The van der Waals surface area contributed by atoms with E-state index in [9.17, 15) is 4.79 Å². The molecule has 0 aliphatic heterocycles. The summed E-state index contributed by atoms with van der Waals surface area (Å²) in [5.41, 5.74) is 0.790. The lowest BCUT2D eigenvalue weighted by Crippen LogP contribution is -2.28. The summed E-state index contributed by atoms with van der Waals surface area (Å²) in [5, 5.41) is 11.8. The fourth-order valence-electron chi connectivity index (χ4n) is 1.35. The molecule has 0 spiro atoms. The van der Waals surface area contributed by atoms with Crippen LogP contribution >= 0.6 is 0 Å². The summed E-state index contributed by atoms with van der Waals surface area (Å²) >= 11 is 0. The van der Waals surface area contributed by atoms with Crippen molar-refractivity contribution in [3.05, 3.63) is 24.3 Å². The fourth-order valence-corrected chi connectivity index (χ4v) is 1.35. The van der Waals surface area contributed by atoms with Crippen LogP contribution in [0.25, 0.3) is 0 Å². The second-order valence-corrected chi connectivity index (χ2v) is 3.40. The lowest BCUT2D eigenvalue weighted by atomic mass is 10.2. The highest BCUT2D eigenvalue weighted by molar-refractivity contribution is 5.77. The molecule has 1 rings (SSSR count). The highest BCUT2D eigenvalue weighted by Crippen LogP contribution is 2.16. The van der Waals surface area contributed by atoms with Crippen molar-refractivity contribution in [1.29, 1.82) is 0 Å². The Balaban J connectivity index is 2.63. The van der Waals surface area contributed by atoms with E-state index < -0.39 is 12.0 Å². The van der Waals surface area contributed by atoms with Crippen molar-refractivity contribution >= 4 is 11.7 Å². The molecule has 16 heavy (non-hydrogen) atoms. The zero-order chi connectivity index (χ0) is 12.0. The van der Waals surface area contributed by atoms with E-state index in [0.29, 0.717) is 13.0 Å². The van der Waals surface area contributed by atoms with E-state index in [0.717, 1.165) is 11.4 Å². The van der Waals surface area contributed by atoms with Gasteiger partial charge in [0.25, 0.3) is 0 Å². The van der Waals surface area contributed by atoms with Crippen LogP contribution in [-0.4, -0.2) is 23.7 Å². The first kappa shape index (κ1) is 12.4. The molecule has 88 valence electrons. The van der Waals surface area contributed by atoms with Gasteiger partial charge in [-0.3, -0.25) is 0 Å². The average molecular weight is 223 g/mol. The number of nitrogens with one attached hydrogen (secondary N) is 1. The predicted octanol–water partition coefficient (Wildman–Crippen LogP) is 2.36. The number of carbonyl (C=O) groups is 1. The molecule has 1 aromatic rings. The lowest BCUT2D eigenvalue weighted by molar-refractivity contribution is -0.137. The number of hydrogen-bond donors (Lipinski definition) is 2. The van der Waals surface area contributed by atoms with Crippen LogP contribution in [0, 0.1) is 0 Å². The van der Waals surface area contributed by atoms with Crippen molar-refractivity contribution in [2.75, 3.05) is 11.9 Å². The molecular formula is C12H17NO3. The number of aliphatic carboxylic acids is 1. The molecule has 0 amide bonds. The smallest absolute Gasteiger partial charge is 0.326 e. The van der Waals surface area contributed by atoms with Gasteiger partial charge in [0.05, 0.1) is 6.61 Å². The summed E-state index contributed by atoms with van der Waals surface area (Å²) in [5.74, 6) is -0.0483. The third-order valence-corrected chi connectivity index (χ3v) is 2.21. The van der Waals surface area contributed by atoms with Crippen LogP contribution < -0.4 is 10.1 Å². The molecule has 0 aliphatic rings. The van der Waals surface area contributed by atoms with Crippen molar-refractivity contribution in [3.8, 4) is 5.75 Å². The highest BCUT2D eigenvalue weighted by atomic mass is 16.5. The van der Waals surface area contributed by atoms with Gasteiger partial charge < -0.3 is 15.2 Å². The van der Waals surface area contributed by atoms with E-state index in [1.165, 1.54) is 0 Å². The van der Waals surface area contributed by atoms with E-state index in [1.807, 2.05) is 38.1 Å². The third-order valence-electron chi connectivity index (χ3n) is 2.21. The van der Waals surface area contributed by atoms with E-state index in [4.69, 9.17) is 9.84 Å². The Morgan fingerprint density at radius 1 is 1.38 bits per heavy atom. The van der Waals surface area contributed by atoms with Gasteiger partial charge in [-0.15, -0.1) is 0 Å². The molecule has 4 heteroatoms. The fraction of sp³-hybridized carbons (Fsp3) is 0.417. The van der Waals surface area contributed by atoms with Crippen molar-refractivity contribution in [3.63, 3.8) is 0 Å². The Kier molecular flexibility index (Phi) is 4.64. The van der Waals surface area contributed by atoms with Gasteiger partial charge in [-0.1, -0.05) is 6.92 Å². The molecule has 0 aliphatic carbocycles. The summed E-state index contributed by atoms with van der Waals surface area (Å²) in [6.07, 6.45) is 0.544. The molecular weight excluding hydrogens is 206 g/mol. The Bertz CT molecular complexity index is 335. The molecule has 1 aromatic carbocycles. The molecule has 0 bridgehead atoms. The molecule has 0 saturated carbocycles. The topological polar surface area (TPSA) is 58.6 Å². The molecule has 0 fully saturated rings. The maximum absolute atomic E-state index is 10.8. The summed E-state index contributed by atoms with van der Waals surface area (Å²) < 4.78 is 5.30. The normalized spacial score (nSPS) is 11.9. The Labute approximate surface area is 95.2 Å². The van der Waals surface area contributed by atoms with E-state index in [1.54, 1.807) is 0 Å². The summed E-state index contributed by atoms with van der Waals surface area (Å²) in [4.78, 5) is 10.8. The van der Waals surface area contributed by atoms with Gasteiger partial charge >= 0.3 is 5.97 Å². The Morgan fingerprint density at radius 3 is 2.44 bits per heavy atom. The van der Waals surface area contributed by atoms with Crippen LogP contribution in [0.5, 0.6) is 5.75 Å². The number of rotatable bonds is 6. The molecule has 2 N–H and O–H groups in total. The molecule has 0 aromatic heterocycles. The van der Waals surface area contributed by atoms with Gasteiger partial charge in [-0.2, -0.15) is 0 Å². The van der Waals surface area contributed by atoms with Crippen molar-refractivity contribution < 1.29 is 14.6 Å². The highest BCUT2D eigenvalue weighted by Gasteiger charge is 2.13. The van der Waals surface area contributed by atoms with Crippen LogP contribution in [-0.2, 0) is 4.79 Å². The average Bonchev–Trinajstić information content (AvgIpc) is 2.28. The standard InChI is InChI=1S/C12H17NO3/c1-3-11(12(14)15)13-9-5-7-10(8-6-9)16-4-2/h5-8,11,13H,3-4H2,1-2H3,(H,14,15)/t11-/m1/s1. The number of anilines is 1. The van der Waals surface area contributed by atoms with Crippen LogP contribution in [0.2, 0.25) is 0 Å². The molecule has 0 saturated heterocycles. The predicted molar refractivity (Wildman–Crippen MR) is 62.9 cm³/mol. The zero-order valence-electron chi connectivity index (χ0n) is 9.56. The van der Waals surface area contributed by atoms with Crippen LogP contribution in [0.3, 0.4) is 0 Å². The maximum atomic E-state index is 10.8. The van der Waals surface area contributed by atoms with Gasteiger partial charge in [-0.25, -0.2) is 4.79 Å². The summed E-state index contributed by atoms with van der Waals surface area (Å²) in [6.45, 7) is 4.38. The molecule has 4 nitrogen and oxygen atoms in total. The minimum Gasteiger partial charge on any atom is -0.494 e. The first-order valence-electron chi connectivity index (χ1n) is 5.39. The lowest BCUT2D eigenvalue weighted by Gasteiger charge is -2.13. The molecule has 0 radical (unpaired) electrons. The van der Waals surface area contributed by atoms with Crippen LogP contribution in [0.1, 0.15) is 20.3 Å². The van der Waals surface area contributed by atoms with Gasteiger partial charge in [0, 0.05) is 5.69 Å². The summed E-state index contributed by atoms with van der Waals surface area (Å²) in [7, 11) is 0. The minimum atomic E-state index is -0.837.